The van der Waals surface area contributed by atoms with Gasteiger partial charge in [-0.25, -0.2) is 0 Å². The molecule has 1 N–H and O–H groups in total. The predicted octanol–water partition coefficient (Wildman–Crippen LogP) is 3.98. The van der Waals surface area contributed by atoms with E-state index in [-0.39, 0.29) is 0 Å². The van der Waals surface area contributed by atoms with Crippen LogP contribution in [0.15, 0.2) is 54.6 Å². The van der Waals surface area contributed by atoms with E-state index in [1.165, 1.54) is 0 Å². The van der Waals surface area contributed by atoms with Crippen LogP contribution < -0.4 is 9.61 Å². The van der Waals surface area contributed by atoms with Gasteiger partial charge in [0.25, 0.3) is 0 Å². The summed E-state index contributed by atoms with van der Waals surface area (Å²) in [5.74, 6) is 0.673. The summed E-state index contributed by atoms with van der Waals surface area (Å²) in [4.78, 5) is 5.07. The zero-order chi connectivity index (χ0) is 11.9. The SMILES string of the molecule is Cc1ccccc1NSOOc1ccccc1. The summed E-state index contributed by atoms with van der Waals surface area (Å²) < 4.78 is 8.04. The molecule has 0 aromatic heterocycles. The first-order valence-corrected chi connectivity index (χ1v) is 5.97. The van der Waals surface area contributed by atoms with Crippen LogP contribution >= 0.6 is 12.2 Å². The Hall–Kier alpha value is -1.65. The molecule has 0 fully saturated rings. The van der Waals surface area contributed by atoms with Gasteiger partial charge in [-0.2, -0.15) is 0 Å². The van der Waals surface area contributed by atoms with E-state index in [0.717, 1.165) is 23.5 Å². The molecule has 0 unspecified atom stereocenters. The maximum atomic E-state index is 5.07. The van der Waals surface area contributed by atoms with Gasteiger partial charge in [0.1, 0.15) is 0 Å². The summed E-state index contributed by atoms with van der Waals surface area (Å²) >= 11 is 1.04. The number of benzene rings is 2. The Kier molecular flexibility index (Phi) is 4.30. The van der Waals surface area contributed by atoms with Gasteiger partial charge in [-0.15, -0.1) is 0 Å². The van der Waals surface area contributed by atoms with E-state index in [4.69, 9.17) is 9.22 Å². The molecule has 17 heavy (non-hydrogen) atoms. The van der Waals surface area contributed by atoms with Crippen LogP contribution in [0.2, 0.25) is 0 Å². The molecule has 0 aliphatic rings. The van der Waals surface area contributed by atoms with Crippen molar-refractivity contribution >= 4 is 17.9 Å². The van der Waals surface area contributed by atoms with Crippen molar-refractivity contribution in [2.45, 2.75) is 6.92 Å². The number of rotatable bonds is 5. The van der Waals surface area contributed by atoms with Gasteiger partial charge >= 0.3 is 0 Å². The maximum absolute atomic E-state index is 5.07. The Morgan fingerprint density at radius 1 is 0.941 bits per heavy atom. The van der Waals surface area contributed by atoms with Crippen LogP contribution in [-0.4, -0.2) is 0 Å². The highest BCUT2D eigenvalue weighted by Gasteiger charge is 1.97. The molecule has 0 aliphatic heterocycles. The normalized spacial score (nSPS) is 9.94. The number of aryl methyl sites for hydroxylation is 1. The smallest absolute Gasteiger partial charge is 0.166 e. The second kappa shape index (κ2) is 6.18. The van der Waals surface area contributed by atoms with Gasteiger partial charge in [0.05, 0.1) is 0 Å². The topological polar surface area (TPSA) is 30.5 Å². The fraction of sp³-hybridized carbons (Fsp3) is 0.0769. The van der Waals surface area contributed by atoms with E-state index in [1.807, 2.05) is 61.5 Å². The third kappa shape index (κ3) is 3.69. The Labute approximate surface area is 105 Å². The molecule has 0 saturated heterocycles. The highest BCUT2D eigenvalue weighted by atomic mass is 32.2. The zero-order valence-electron chi connectivity index (χ0n) is 9.42. The molecule has 0 bridgehead atoms. The predicted molar refractivity (Wildman–Crippen MR) is 70.5 cm³/mol. The van der Waals surface area contributed by atoms with Crippen molar-refractivity contribution in [3.8, 4) is 5.75 Å². The fourth-order valence-electron chi connectivity index (χ4n) is 1.28. The fourth-order valence-corrected chi connectivity index (χ4v) is 1.75. The Bertz CT molecular complexity index is 462. The molecule has 0 amide bonds. The van der Waals surface area contributed by atoms with E-state index in [9.17, 15) is 0 Å². The highest BCUT2D eigenvalue weighted by Crippen LogP contribution is 2.19. The van der Waals surface area contributed by atoms with Crippen molar-refractivity contribution < 1.29 is 9.22 Å². The molecule has 0 radical (unpaired) electrons. The van der Waals surface area contributed by atoms with Crippen molar-refractivity contribution in [1.82, 2.24) is 0 Å². The minimum absolute atomic E-state index is 0.673. The summed E-state index contributed by atoms with van der Waals surface area (Å²) in [5.41, 5.74) is 2.16. The third-order valence-electron chi connectivity index (χ3n) is 2.20. The lowest BCUT2D eigenvalue weighted by Gasteiger charge is -2.07. The standard InChI is InChI=1S/C13H13NO2S/c1-11-7-5-6-10-13(11)14-17-16-15-12-8-3-2-4-9-12/h2-10,14H,1H3. The van der Waals surface area contributed by atoms with Crippen LogP contribution in [0.5, 0.6) is 5.75 Å². The van der Waals surface area contributed by atoms with Crippen LogP contribution in [0.25, 0.3) is 0 Å². The van der Waals surface area contributed by atoms with Gasteiger partial charge in [0.15, 0.2) is 18.0 Å². The minimum atomic E-state index is 0.673. The van der Waals surface area contributed by atoms with Crippen LogP contribution in [-0.2, 0) is 4.33 Å². The van der Waals surface area contributed by atoms with E-state index in [1.54, 1.807) is 0 Å². The molecular weight excluding hydrogens is 234 g/mol. The quantitative estimate of drug-likeness (QED) is 0.284. The first-order chi connectivity index (χ1) is 8.36. The Balaban J connectivity index is 1.76. The van der Waals surface area contributed by atoms with Crippen LogP contribution in [0, 0.1) is 6.92 Å². The lowest BCUT2D eigenvalue weighted by molar-refractivity contribution is -0.0771. The van der Waals surface area contributed by atoms with Crippen molar-refractivity contribution in [3.63, 3.8) is 0 Å². The summed E-state index contributed by atoms with van der Waals surface area (Å²) in [6.45, 7) is 2.03. The Morgan fingerprint density at radius 3 is 2.41 bits per heavy atom. The number of para-hydroxylation sites is 2. The average Bonchev–Trinajstić information content (AvgIpc) is 2.38. The average molecular weight is 247 g/mol. The van der Waals surface area contributed by atoms with Crippen LogP contribution in [0.3, 0.4) is 0 Å². The molecule has 3 nitrogen and oxygen atoms in total. The maximum Gasteiger partial charge on any atom is 0.166 e. The van der Waals surface area contributed by atoms with E-state index < -0.39 is 0 Å². The molecule has 2 aromatic carbocycles. The highest BCUT2D eigenvalue weighted by molar-refractivity contribution is 7.95. The summed E-state index contributed by atoms with van der Waals surface area (Å²) in [5, 5.41) is 0. The first-order valence-electron chi connectivity index (χ1n) is 5.23. The zero-order valence-corrected chi connectivity index (χ0v) is 10.2. The summed E-state index contributed by atoms with van der Waals surface area (Å²) in [7, 11) is 0. The second-order valence-electron chi connectivity index (χ2n) is 3.46. The van der Waals surface area contributed by atoms with Gasteiger partial charge in [-0.1, -0.05) is 40.7 Å². The van der Waals surface area contributed by atoms with E-state index >= 15 is 0 Å². The van der Waals surface area contributed by atoms with Crippen molar-refractivity contribution in [2.24, 2.45) is 0 Å². The van der Waals surface area contributed by atoms with Crippen molar-refractivity contribution in [1.29, 1.82) is 0 Å². The Morgan fingerprint density at radius 2 is 1.65 bits per heavy atom. The van der Waals surface area contributed by atoms with Gasteiger partial charge in [-0.05, 0) is 30.7 Å². The molecule has 4 heteroatoms. The molecule has 88 valence electrons. The molecule has 0 heterocycles. The second-order valence-corrected chi connectivity index (χ2v) is 3.97. The van der Waals surface area contributed by atoms with Crippen LogP contribution in [0.1, 0.15) is 5.56 Å². The lowest BCUT2D eigenvalue weighted by Crippen LogP contribution is -1.95. The van der Waals surface area contributed by atoms with Crippen LogP contribution in [0.4, 0.5) is 5.69 Å². The number of anilines is 1. The van der Waals surface area contributed by atoms with Gasteiger partial charge in [0.2, 0.25) is 0 Å². The molecule has 2 aromatic rings. The van der Waals surface area contributed by atoms with E-state index in [2.05, 4.69) is 4.72 Å². The first kappa shape index (κ1) is 11.8. The number of hydrogen-bond donors (Lipinski definition) is 1. The molecule has 0 atom stereocenters. The van der Waals surface area contributed by atoms with Gasteiger partial charge in [0, 0.05) is 5.69 Å². The number of hydrogen-bond acceptors (Lipinski definition) is 4. The lowest BCUT2D eigenvalue weighted by atomic mass is 10.2. The molecular formula is C13H13NO2S. The van der Waals surface area contributed by atoms with Gasteiger partial charge in [-0.3, -0.25) is 0 Å². The number of nitrogens with one attached hydrogen (secondary N) is 1. The van der Waals surface area contributed by atoms with Gasteiger partial charge < -0.3 is 9.61 Å². The molecule has 0 saturated carbocycles. The molecule has 0 aliphatic carbocycles. The third-order valence-corrected chi connectivity index (χ3v) is 2.64. The van der Waals surface area contributed by atoms with E-state index in [0.29, 0.717) is 5.75 Å². The molecule has 0 spiro atoms. The molecule has 2 rings (SSSR count). The van der Waals surface area contributed by atoms with Crippen molar-refractivity contribution in [3.05, 3.63) is 60.2 Å². The van der Waals surface area contributed by atoms with Crippen molar-refractivity contribution in [2.75, 3.05) is 4.72 Å². The largest absolute Gasteiger partial charge is 0.324 e. The summed E-state index contributed by atoms with van der Waals surface area (Å²) in [6.07, 6.45) is 0. The minimum Gasteiger partial charge on any atom is -0.324 e. The summed E-state index contributed by atoms with van der Waals surface area (Å²) in [6, 6.07) is 17.3. The monoisotopic (exact) mass is 247 g/mol.